The first kappa shape index (κ1) is 15.0. The third-order valence-electron chi connectivity index (χ3n) is 3.91. The van der Waals surface area contributed by atoms with E-state index in [1.807, 2.05) is 0 Å². The van der Waals surface area contributed by atoms with E-state index in [4.69, 9.17) is 17.3 Å². The standard InChI is InChI=1S/C16H18ClFN2S/c17-15-7-12(18)1-4-14(15)16(8-19)20(13-2-3-13)9-11-5-6-21-10-11/h1,4-7,10,13,16H,2-3,8-9,19H2. The zero-order valence-electron chi connectivity index (χ0n) is 11.6. The molecule has 1 aromatic carbocycles. The summed E-state index contributed by atoms with van der Waals surface area (Å²) in [5.41, 5.74) is 8.23. The number of hydrogen-bond acceptors (Lipinski definition) is 3. The molecule has 2 N–H and O–H groups in total. The fraction of sp³-hybridized carbons (Fsp3) is 0.375. The van der Waals surface area contributed by atoms with Crippen molar-refractivity contribution in [2.24, 2.45) is 5.73 Å². The van der Waals surface area contributed by atoms with Gasteiger partial charge in [-0.2, -0.15) is 11.3 Å². The van der Waals surface area contributed by atoms with Crippen LogP contribution in [0.3, 0.4) is 0 Å². The van der Waals surface area contributed by atoms with Crippen LogP contribution in [-0.4, -0.2) is 17.5 Å². The molecule has 0 bridgehead atoms. The van der Waals surface area contributed by atoms with Crippen LogP contribution in [0.15, 0.2) is 35.0 Å². The molecule has 1 unspecified atom stereocenters. The summed E-state index contributed by atoms with van der Waals surface area (Å²) < 4.78 is 13.3. The Hall–Kier alpha value is -0.940. The van der Waals surface area contributed by atoms with Crippen molar-refractivity contribution >= 4 is 22.9 Å². The lowest BCUT2D eigenvalue weighted by atomic mass is 10.0. The highest BCUT2D eigenvalue weighted by Crippen LogP contribution is 2.37. The van der Waals surface area contributed by atoms with Crippen molar-refractivity contribution < 1.29 is 4.39 Å². The number of benzene rings is 1. The Morgan fingerprint density at radius 2 is 2.19 bits per heavy atom. The molecule has 0 radical (unpaired) electrons. The molecular weight excluding hydrogens is 307 g/mol. The Kier molecular flexibility index (Phi) is 4.60. The topological polar surface area (TPSA) is 29.3 Å². The first-order valence-corrected chi connectivity index (χ1v) is 8.43. The summed E-state index contributed by atoms with van der Waals surface area (Å²) in [6.45, 7) is 1.34. The molecule has 3 rings (SSSR count). The smallest absolute Gasteiger partial charge is 0.124 e. The van der Waals surface area contributed by atoms with Crippen LogP contribution < -0.4 is 5.73 Å². The lowest BCUT2D eigenvalue weighted by Crippen LogP contribution is -2.35. The van der Waals surface area contributed by atoms with E-state index < -0.39 is 0 Å². The van der Waals surface area contributed by atoms with Gasteiger partial charge in [-0.05, 0) is 52.9 Å². The fourth-order valence-electron chi connectivity index (χ4n) is 2.71. The summed E-state index contributed by atoms with van der Waals surface area (Å²) >= 11 is 7.93. The molecule has 1 heterocycles. The molecule has 112 valence electrons. The zero-order valence-corrected chi connectivity index (χ0v) is 13.2. The number of nitrogens with two attached hydrogens (primary N) is 1. The van der Waals surface area contributed by atoms with Gasteiger partial charge in [0.25, 0.3) is 0 Å². The molecule has 0 saturated heterocycles. The Morgan fingerprint density at radius 1 is 1.38 bits per heavy atom. The fourth-order valence-corrected chi connectivity index (χ4v) is 3.66. The van der Waals surface area contributed by atoms with Crippen molar-refractivity contribution in [3.05, 3.63) is 57.0 Å². The Morgan fingerprint density at radius 3 is 2.76 bits per heavy atom. The molecule has 0 spiro atoms. The second-order valence-electron chi connectivity index (χ2n) is 5.45. The first-order valence-electron chi connectivity index (χ1n) is 7.11. The van der Waals surface area contributed by atoms with Crippen molar-refractivity contribution in [1.29, 1.82) is 0 Å². The van der Waals surface area contributed by atoms with Gasteiger partial charge in [-0.25, -0.2) is 4.39 Å². The third-order valence-corrected chi connectivity index (χ3v) is 4.97. The summed E-state index contributed by atoms with van der Waals surface area (Å²) in [4.78, 5) is 2.40. The van der Waals surface area contributed by atoms with Gasteiger partial charge in [-0.3, -0.25) is 4.90 Å². The lowest BCUT2D eigenvalue weighted by molar-refractivity contribution is 0.182. The summed E-state index contributed by atoms with van der Waals surface area (Å²) in [6, 6.07) is 7.32. The highest BCUT2D eigenvalue weighted by Gasteiger charge is 2.34. The number of halogens is 2. The van der Waals surface area contributed by atoms with Crippen LogP contribution >= 0.6 is 22.9 Å². The highest BCUT2D eigenvalue weighted by molar-refractivity contribution is 7.07. The molecule has 1 atom stereocenters. The van der Waals surface area contributed by atoms with Crippen LogP contribution in [0.5, 0.6) is 0 Å². The second-order valence-corrected chi connectivity index (χ2v) is 6.64. The van der Waals surface area contributed by atoms with E-state index >= 15 is 0 Å². The maximum absolute atomic E-state index is 13.3. The average molecular weight is 325 g/mol. The molecule has 1 fully saturated rings. The lowest BCUT2D eigenvalue weighted by Gasteiger charge is -2.31. The summed E-state index contributed by atoms with van der Waals surface area (Å²) in [5, 5.41) is 4.71. The highest BCUT2D eigenvalue weighted by atomic mass is 35.5. The number of hydrogen-bond donors (Lipinski definition) is 1. The minimum Gasteiger partial charge on any atom is -0.329 e. The van der Waals surface area contributed by atoms with Gasteiger partial charge >= 0.3 is 0 Å². The number of nitrogens with zero attached hydrogens (tertiary/aromatic N) is 1. The molecule has 1 aromatic heterocycles. The maximum Gasteiger partial charge on any atom is 0.124 e. The third kappa shape index (κ3) is 3.46. The largest absolute Gasteiger partial charge is 0.329 e. The minimum absolute atomic E-state index is 0.0329. The van der Waals surface area contributed by atoms with E-state index in [0.29, 0.717) is 17.6 Å². The number of rotatable bonds is 6. The Bertz CT molecular complexity index is 598. The van der Waals surface area contributed by atoms with Crippen molar-refractivity contribution in [2.75, 3.05) is 6.54 Å². The van der Waals surface area contributed by atoms with Crippen LogP contribution in [0.25, 0.3) is 0 Å². The quantitative estimate of drug-likeness (QED) is 0.862. The van der Waals surface area contributed by atoms with Crippen molar-refractivity contribution in [3.63, 3.8) is 0 Å². The van der Waals surface area contributed by atoms with E-state index in [0.717, 1.165) is 12.1 Å². The monoisotopic (exact) mass is 324 g/mol. The maximum atomic E-state index is 13.3. The Labute approximate surface area is 133 Å². The van der Waals surface area contributed by atoms with Crippen LogP contribution in [0.2, 0.25) is 5.02 Å². The second kappa shape index (κ2) is 6.44. The molecule has 1 aliphatic carbocycles. The summed E-state index contributed by atoms with van der Waals surface area (Å²) in [7, 11) is 0. The van der Waals surface area contributed by atoms with E-state index in [-0.39, 0.29) is 11.9 Å². The molecule has 0 aliphatic heterocycles. The molecule has 2 aromatic rings. The Balaban J connectivity index is 1.88. The van der Waals surface area contributed by atoms with Gasteiger partial charge in [-0.1, -0.05) is 17.7 Å². The van der Waals surface area contributed by atoms with Crippen molar-refractivity contribution in [2.45, 2.75) is 31.5 Å². The van der Waals surface area contributed by atoms with Crippen molar-refractivity contribution in [3.8, 4) is 0 Å². The predicted octanol–water partition coefficient (Wildman–Crippen LogP) is 4.21. The molecule has 2 nitrogen and oxygen atoms in total. The van der Waals surface area contributed by atoms with Gasteiger partial charge in [0.15, 0.2) is 0 Å². The van der Waals surface area contributed by atoms with Gasteiger partial charge in [0.05, 0.1) is 0 Å². The van der Waals surface area contributed by atoms with E-state index in [1.54, 1.807) is 17.4 Å². The molecule has 21 heavy (non-hydrogen) atoms. The predicted molar refractivity (Wildman–Crippen MR) is 86.1 cm³/mol. The van der Waals surface area contributed by atoms with Crippen LogP contribution in [-0.2, 0) is 6.54 Å². The van der Waals surface area contributed by atoms with Gasteiger partial charge in [0.1, 0.15) is 5.82 Å². The van der Waals surface area contributed by atoms with Crippen LogP contribution in [0.4, 0.5) is 4.39 Å². The zero-order chi connectivity index (χ0) is 14.8. The molecule has 1 saturated carbocycles. The van der Waals surface area contributed by atoms with Crippen LogP contribution in [0, 0.1) is 5.82 Å². The van der Waals surface area contributed by atoms with E-state index in [9.17, 15) is 4.39 Å². The first-order chi connectivity index (χ1) is 10.2. The van der Waals surface area contributed by atoms with Gasteiger partial charge in [0, 0.05) is 30.2 Å². The van der Waals surface area contributed by atoms with Gasteiger partial charge in [0.2, 0.25) is 0 Å². The summed E-state index contributed by atoms with van der Waals surface area (Å²) in [6.07, 6.45) is 2.39. The normalized spacial score (nSPS) is 16.4. The minimum atomic E-state index is -0.310. The van der Waals surface area contributed by atoms with Gasteiger partial charge < -0.3 is 5.73 Å². The van der Waals surface area contributed by atoms with E-state index in [2.05, 4.69) is 21.7 Å². The van der Waals surface area contributed by atoms with Crippen molar-refractivity contribution in [1.82, 2.24) is 4.90 Å². The molecular formula is C16H18ClFN2S. The summed E-state index contributed by atoms with van der Waals surface area (Å²) in [5.74, 6) is -0.310. The SMILES string of the molecule is NCC(c1ccc(F)cc1Cl)N(Cc1ccsc1)C1CC1. The van der Waals surface area contributed by atoms with E-state index in [1.165, 1.54) is 30.5 Å². The van der Waals surface area contributed by atoms with Crippen LogP contribution in [0.1, 0.15) is 30.0 Å². The van der Waals surface area contributed by atoms with Gasteiger partial charge in [-0.15, -0.1) is 0 Å². The molecule has 1 aliphatic rings. The molecule has 5 heteroatoms. The average Bonchev–Trinajstić information content (AvgIpc) is 3.18. The molecule has 0 amide bonds. The number of thiophene rings is 1.